The van der Waals surface area contributed by atoms with E-state index >= 15 is 0 Å². The second-order valence-corrected chi connectivity index (χ2v) is 2.37. The van der Waals surface area contributed by atoms with Gasteiger partial charge in [-0.05, 0) is 0 Å². The Bertz CT molecular complexity index is 274. The number of esters is 2. The van der Waals surface area contributed by atoms with Crippen molar-refractivity contribution in [3.8, 4) is 0 Å². The summed E-state index contributed by atoms with van der Waals surface area (Å²) in [7, 11) is 2.41. The van der Waals surface area contributed by atoms with Crippen LogP contribution in [0.25, 0.3) is 0 Å². The second-order valence-electron chi connectivity index (χ2n) is 2.37. The van der Waals surface area contributed by atoms with E-state index in [0.717, 1.165) is 0 Å². The topological polar surface area (TPSA) is 94.1 Å². The van der Waals surface area contributed by atoms with Gasteiger partial charge in [0, 0.05) is 6.42 Å². The van der Waals surface area contributed by atoms with E-state index in [-0.39, 0.29) is 18.6 Å². The van der Waals surface area contributed by atoms with Crippen molar-refractivity contribution in [1.29, 1.82) is 0 Å². The van der Waals surface area contributed by atoms with Crippen molar-refractivity contribution in [3.63, 3.8) is 0 Å². The first-order valence-corrected chi connectivity index (χ1v) is 4.06. The number of hydrogen-bond acceptors (Lipinski definition) is 6. The Morgan fingerprint density at radius 1 is 1.27 bits per heavy atom. The van der Waals surface area contributed by atoms with Gasteiger partial charge in [-0.3, -0.25) is 9.59 Å². The van der Waals surface area contributed by atoms with Crippen molar-refractivity contribution < 1.29 is 23.9 Å². The van der Waals surface area contributed by atoms with Gasteiger partial charge in [-0.2, -0.15) is 5.10 Å². The number of nitrogens with zero attached hydrogens (tertiary/aromatic N) is 1. The van der Waals surface area contributed by atoms with Gasteiger partial charge < -0.3 is 9.47 Å². The minimum Gasteiger partial charge on any atom is -0.469 e. The van der Waals surface area contributed by atoms with Crippen LogP contribution < -0.4 is 5.43 Å². The third-order valence-electron chi connectivity index (χ3n) is 1.47. The summed E-state index contributed by atoms with van der Waals surface area (Å²) in [6.07, 6.45) is 0.340. The fraction of sp³-hybridized carbons (Fsp3) is 0.500. The zero-order chi connectivity index (χ0) is 11.7. The van der Waals surface area contributed by atoms with Crippen LogP contribution in [-0.2, 0) is 23.9 Å². The van der Waals surface area contributed by atoms with Crippen LogP contribution in [0.2, 0.25) is 0 Å². The van der Waals surface area contributed by atoms with Gasteiger partial charge >= 0.3 is 11.9 Å². The third kappa shape index (κ3) is 5.40. The molecular formula is C8H12N2O5. The highest BCUT2D eigenvalue weighted by Crippen LogP contribution is 1.97. The maximum Gasteiger partial charge on any atom is 0.354 e. The van der Waals surface area contributed by atoms with Gasteiger partial charge in [-0.15, -0.1) is 0 Å². The summed E-state index contributed by atoms with van der Waals surface area (Å²) in [5.74, 6) is -1.18. The predicted molar refractivity (Wildman–Crippen MR) is 49.9 cm³/mol. The van der Waals surface area contributed by atoms with Crippen LogP contribution in [0.3, 0.4) is 0 Å². The maximum absolute atomic E-state index is 11.1. The monoisotopic (exact) mass is 216 g/mol. The summed E-state index contributed by atoms with van der Waals surface area (Å²) in [4.78, 5) is 31.8. The number of hydrogen-bond donors (Lipinski definition) is 1. The molecule has 0 aliphatic heterocycles. The van der Waals surface area contributed by atoms with Crippen molar-refractivity contribution in [2.75, 3.05) is 14.2 Å². The van der Waals surface area contributed by atoms with Gasteiger partial charge in [-0.25, -0.2) is 10.2 Å². The normalized spacial score (nSPS) is 10.4. The number of nitrogens with one attached hydrogen (secondary N) is 1. The smallest absolute Gasteiger partial charge is 0.354 e. The van der Waals surface area contributed by atoms with Gasteiger partial charge in [0.25, 0.3) is 0 Å². The van der Waals surface area contributed by atoms with E-state index in [4.69, 9.17) is 0 Å². The van der Waals surface area contributed by atoms with Crippen LogP contribution in [-0.4, -0.2) is 38.3 Å². The zero-order valence-electron chi connectivity index (χ0n) is 8.48. The Hall–Kier alpha value is -1.92. The Balaban J connectivity index is 4.31. The molecule has 0 aromatic heterocycles. The molecule has 0 aliphatic rings. The highest BCUT2D eigenvalue weighted by molar-refractivity contribution is 6.36. The van der Waals surface area contributed by atoms with Gasteiger partial charge in [-0.1, -0.05) is 0 Å². The molecule has 0 aromatic rings. The molecule has 0 rings (SSSR count). The van der Waals surface area contributed by atoms with E-state index in [0.29, 0.717) is 6.41 Å². The molecule has 0 unspecified atom stereocenters. The lowest BCUT2D eigenvalue weighted by molar-refractivity contribution is -0.140. The standard InChI is InChI=1S/C8H12N2O5/c1-14-7(12)4-3-6(8(13)15-2)10-9-5-11/h5H,3-4H2,1-2H3,(H,9,11)/b10-6+. The molecule has 7 nitrogen and oxygen atoms in total. The van der Waals surface area contributed by atoms with Crippen molar-refractivity contribution >= 4 is 24.1 Å². The predicted octanol–water partition coefficient (Wildman–Crippen LogP) is -0.785. The summed E-state index contributed by atoms with van der Waals surface area (Å²) in [5.41, 5.74) is 1.91. The fourth-order valence-electron chi connectivity index (χ4n) is 0.748. The zero-order valence-corrected chi connectivity index (χ0v) is 8.48. The number of ether oxygens (including phenoxy) is 2. The molecule has 0 bridgehead atoms. The van der Waals surface area contributed by atoms with Gasteiger partial charge in [0.1, 0.15) is 5.71 Å². The first kappa shape index (κ1) is 13.1. The Morgan fingerprint density at radius 2 is 1.93 bits per heavy atom. The number of carbonyl (C=O) groups excluding carboxylic acids is 3. The van der Waals surface area contributed by atoms with Crippen LogP contribution in [0.5, 0.6) is 0 Å². The number of methoxy groups -OCH3 is 2. The molecule has 0 heterocycles. The molecule has 0 aromatic carbocycles. The Morgan fingerprint density at radius 3 is 2.40 bits per heavy atom. The Labute approximate surface area is 86.4 Å². The molecule has 0 saturated heterocycles. The third-order valence-corrected chi connectivity index (χ3v) is 1.47. The molecule has 0 radical (unpaired) electrons. The lowest BCUT2D eigenvalue weighted by atomic mass is 10.2. The number of rotatable bonds is 6. The molecule has 15 heavy (non-hydrogen) atoms. The van der Waals surface area contributed by atoms with Gasteiger partial charge in [0.15, 0.2) is 0 Å². The first-order chi connectivity index (χ1) is 7.15. The molecular weight excluding hydrogens is 204 g/mol. The van der Waals surface area contributed by atoms with Gasteiger partial charge in [0.05, 0.1) is 20.6 Å². The molecule has 1 N–H and O–H groups in total. The van der Waals surface area contributed by atoms with E-state index in [9.17, 15) is 14.4 Å². The number of carbonyl (C=O) groups is 3. The molecule has 0 atom stereocenters. The number of hydrazone groups is 1. The van der Waals surface area contributed by atoms with Crippen molar-refractivity contribution in [2.24, 2.45) is 5.10 Å². The molecule has 7 heteroatoms. The highest BCUT2D eigenvalue weighted by atomic mass is 16.5. The number of amides is 1. The average molecular weight is 216 g/mol. The van der Waals surface area contributed by atoms with Crippen LogP contribution >= 0.6 is 0 Å². The quantitative estimate of drug-likeness (QED) is 0.272. The molecule has 84 valence electrons. The summed E-state index contributed by atoms with van der Waals surface area (Å²) in [6.45, 7) is 0. The largest absolute Gasteiger partial charge is 0.469 e. The van der Waals surface area contributed by atoms with Crippen LogP contribution in [0, 0.1) is 0 Å². The van der Waals surface area contributed by atoms with E-state index in [2.05, 4.69) is 14.6 Å². The highest BCUT2D eigenvalue weighted by Gasteiger charge is 2.14. The van der Waals surface area contributed by atoms with Crippen molar-refractivity contribution in [2.45, 2.75) is 12.8 Å². The van der Waals surface area contributed by atoms with Gasteiger partial charge in [0.2, 0.25) is 6.41 Å². The summed E-state index contributed by atoms with van der Waals surface area (Å²) >= 11 is 0. The maximum atomic E-state index is 11.1. The Kier molecular flexibility index (Phi) is 6.52. The molecule has 0 fully saturated rings. The molecule has 0 aliphatic carbocycles. The summed E-state index contributed by atoms with van der Waals surface area (Å²) in [6, 6.07) is 0. The first-order valence-electron chi connectivity index (χ1n) is 4.06. The molecule has 0 saturated carbocycles. The van der Waals surface area contributed by atoms with Crippen LogP contribution in [0.1, 0.15) is 12.8 Å². The van der Waals surface area contributed by atoms with Crippen LogP contribution in [0.4, 0.5) is 0 Å². The lowest BCUT2D eigenvalue weighted by Crippen LogP contribution is -2.21. The minimum absolute atomic E-state index is 0.00896. The molecule has 1 amide bonds. The SMILES string of the molecule is COC(=O)CC/C(=N\NC=O)C(=O)OC. The fourth-order valence-corrected chi connectivity index (χ4v) is 0.748. The van der Waals surface area contributed by atoms with Crippen molar-refractivity contribution in [1.82, 2.24) is 5.43 Å². The second kappa shape index (κ2) is 7.48. The van der Waals surface area contributed by atoms with Crippen molar-refractivity contribution in [3.05, 3.63) is 0 Å². The van der Waals surface area contributed by atoms with Crippen LogP contribution in [0.15, 0.2) is 5.10 Å². The van der Waals surface area contributed by atoms with E-state index < -0.39 is 11.9 Å². The lowest BCUT2D eigenvalue weighted by Gasteiger charge is -2.02. The molecule has 0 spiro atoms. The summed E-state index contributed by atoms with van der Waals surface area (Å²) in [5, 5.41) is 3.44. The van der Waals surface area contributed by atoms with E-state index in [1.165, 1.54) is 14.2 Å². The average Bonchev–Trinajstić information content (AvgIpc) is 2.27. The van der Waals surface area contributed by atoms with E-state index in [1.54, 1.807) is 0 Å². The summed E-state index contributed by atoms with van der Waals surface area (Å²) < 4.78 is 8.78. The van der Waals surface area contributed by atoms with E-state index in [1.807, 2.05) is 5.43 Å². The minimum atomic E-state index is -0.701.